The first-order valence-electron chi connectivity index (χ1n) is 2.24. The van der Waals surface area contributed by atoms with E-state index in [1.807, 2.05) is 0 Å². The molecular formula is C3H7NO2S2. The molecule has 1 rings (SSSR count). The van der Waals surface area contributed by atoms with Crippen molar-refractivity contribution >= 4 is 23.0 Å². The Hall–Kier alpha value is 0.420. The zero-order valence-electron chi connectivity index (χ0n) is 4.24. The molecule has 3 nitrogen and oxygen atoms in total. The van der Waals surface area contributed by atoms with Gasteiger partial charge < -0.3 is 0 Å². The van der Waals surface area contributed by atoms with Gasteiger partial charge in [0.25, 0.3) is 0 Å². The van der Waals surface area contributed by atoms with Crippen molar-refractivity contribution in [1.82, 2.24) is 4.31 Å². The molecule has 1 heterocycles. The van der Waals surface area contributed by atoms with Crippen LogP contribution in [0.5, 0.6) is 0 Å². The van der Waals surface area contributed by atoms with E-state index in [0.29, 0.717) is 5.88 Å². The highest BCUT2D eigenvalue weighted by Crippen LogP contribution is 2.13. The molecule has 0 aliphatic carbocycles. The SMILES string of the molecule is O=S(O)N1CCSC1. The molecular weight excluding hydrogens is 146 g/mol. The smallest absolute Gasteiger partial charge is 0.235 e. The fourth-order valence-electron chi connectivity index (χ4n) is 0.520. The molecule has 8 heavy (non-hydrogen) atoms. The minimum absolute atomic E-state index is 0.698. The van der Waals surface area contributed by atoms with Crippen LogP contribution in [-0.2, 0) is 11.3 Å². The van der Waals surface area contributed by atoms with Crippen molar-refractivity contribution in [3.05, 3.63) is 0 Å². The van der Waals surface area contributed by atoms with Crippen LogP contribution in [0, 0.1) is 0 Å². The lowest BCUT2D eigenvalue weighted by Crippen LogP contribution is -2.21. The van der Waals surface area contributed by atoms with Crippen LogP contribution in [0.3, 0.4) is 0 Å². The number of hydrogen-bond acceptors (Lipinski definition) is 2. The summed E-state index contributed by atoms with van der Waals surface area (Å²) in [6.07, 6.45) is 0. The molecule has 1 aliphatic heterocycles. The third kappa shape index (κ3) is 1.45. The third-order valence-electron chi connectivity index (χ3n) is 0.941. The van der Waals surface area contributed by atoms with Gasteiger partial charge in [0.05, 0.1) is 5.88 Å². The fraction of sp³-hybridized carbons (Fsp3) is 1.00. The van der Waals surface area contributed by atoms with Crippen LogP contribution in [0.4, 0.5) is 0 Å². The monoisotopic (exact) mass is 153 g/mol. The quantitative estimate of drug-likeness (QED) is 0.544. The standard InChI is InChI=1S/C3H7NO2S2/c5-8(6)4-1-2-7-3-4/h1-3H2,(H,5,6). The maximum atomic E-state index is 10.2. The maximum Gasteiger partial charge on any atom is 0.235 e. The molecule has 0 aromatic rings. The highest BCUT2D eigenvalue weighted by atomic mass is 32.2. The van der Waals surface area contributed by atoms with Gasteiger partial charge in [-0.25, -0.2) is 4.21 Å². The molecule has 0 aromatic heterocycles. The van der Waals surface area contributed by atoms with Crippen molar-refractivity contribution in [3.8, 4) is 0 Å². The molecule has 48 valence electrons. The lowest BCUT2D eigenvalue weighted by molar-refractivity contribution is 0.464. The largest absolute Gasteiger partial charge is 0.294 e. The summed E-state index contributed by atoms with van der Waals surface area (Å²) in [4.78, 5) is 0. The Kier molecular flexibility index (Phi) is 2.30. The van der Waals surface area contributed by atoms with E-state index in [1.165, 1.54) is 4.31 Å². The van der Waals surface area contributed by atoms with Crippen molar-refractivity contribution in [2.45, 2.75) is 0 Å². The summed E-state index contributed by atoms with van der Waals surface area (Å²) in [6, 6.07) is 0. The second-order valence-electron chi connectivity index (χ2n) is 1.47. The molecule has 1 N–H and O–H groups in total. The zero-order chi connectivity index (χ0) is 5.98. The van der Waals surface area contributed by atoms with Gasteiger partial charge in [-0.2, -0.15) is 4.31 Å². The molecule has 0 spiro atoms. The van der Waals surface area contributed by atoms with E-state index in [1.54, 1.807) is 11.8 Å². The van der Waals surface area contributed by atoms with Crippen molar-refractivity contribution in [2.75, 3.05) is 18.2 Å². The van der Waals surface area contributed by atoms with Crippen molar-refractivity contribution < 1.29 is 8.76 Å². The molecule has 0 aromatic carbocycles. The van der Waals surface area contributed by atoms with Gasteiger partial charge in [0.2, 0.25) is 11.3 Å². The summed E-state index contributed by atoms with van der Waals surface area (Å²) in [5.41, 5.74) is 0. The highest BCUT2D eigenvalue weighted by Gasteiger charge is 2.15. The Morgan fingerprint density at radius 2 is 2.50 bits per heavy atom. The Labute approximate surface area is 54.9 Å². The van der Waals surface area contributed by atoms with E-state index in [0.717, 1.165) is 12.3 Å². The number of thioether (sulfide) groups is 1. The molecule has 1 atom stereocenters. The van der Waals surface area contributed by atoms with Gasteiger partial charge in [0, 0.05) is 12.3 Å². The van der Waals surface area contributed by atoms with E-state index >= 15 is 0 Å². The minimum atomic E-state index is -1.73. The highest BCUT2D eigenvalue weighted by molar-refractivity contribution is 8.00. The summed E-state index contributed by atoms with van der Waals surface area (Å²) in [7, 11) is 0. The summed E-state index contributed by atoms with van der Waals surface area (Å²) >= 11 is -0.0450. The van der Waals surface area contributed by atoms with E-state index in [2.05, 4.69) is 0 Å². The molecule has 0 amide bonds. The molecule has 0 bridgehead atoms. The van der Waals surface area contributed by atoms with Crippen molar-refractivity contribution in [2.24, 2.45) is 0 Å². The number of hydrogen-bond donors (Lipinski definition) is 1. The molecule has 1 unspecified atom stereocenters. The fourth-order valence-corrected chi connectivity index (χ4v) is 2.28. The van der Waals surface area contributed by atoms with Gasteiger partial charge in [-0.3, -0.25) is 4.55 Å². The van der Waals surface area contributed by atoms with Crippen molar-refractivity contribution in [3.63, 3.8) is 0 Å². The lowest BCUT2D eigenvalue weighted by atomic mass is 10.8. The van der Waals surface area contributed by atoms with Crippen LogP contribution in [0.15, 0.2) is 0 Å². The zero-order valence-corrected chi connectivity index (χ0v) is 5.87. The second kappa shape index (κ2) is 2.82. The van der Waals surface area contributed by atoms with E-state index in [-0.39, 0.29) is 0 Å². The normalized spacial score (nSPS) is 26.1. The van der Waals surface area contributed by atoms with Crippen LogP contribution >= 0.6 is 11.8 Å². The van der Waals surface area contributed by atoms with Gasteiger partial charge in [-0.1, -0.05) is 0 Å². The first kappa shape index (κ1) is 6.54. The lowest BCUT2D eigenvalue weighted by Gasteiger charge is -2.04. The minimum Gasteiger partial charge on any atom is -0.294 e. The second-order valence-corrected chi connectivity index (χ2v) is 3.53. The maximum absolute atomic E-state index is 10.2. The Balaban J connectivity index is 2.35. The van der Waals surface area contributed by atoms with Gasteiger partial charge >= 0.3 is 0 Å². The Morgan fingerprint density at radius 3 is 2.75 bits per heavy atom. The van der Waals surface area contributed by atoms with Crippen LogP contribution in [0.1, 0.15) is 0 Å². The van der Waals surface area contributed by atoms with Crippen LogP contribution in [-0.4, -0.2) is 31.2 Å². The topological polar surface area (TPSA) is 40.5 Å². The molecule has 1 fully saturated rings. The van der Waals surface area contributed by atoms with Crippen LogP contribution < -0.4 is 0 Å². The molecule has 0 radical (unpaired) electrons. The Morgan fingerprint density at radius 1 is 1.75 bits per heavy atom. The van der Waals surface area contributed by atoms with Gasteiger partial charge in [0.15, 0.2) is 0 Å². The van der Waals surface area contributed by atoms with Crippen molar-refractivity contribution in [1.29, 1.82) is 0 Å². The van der Waals surface area contributed by atoms with E-state index in [4.69, 9.17) is 4.55 Å². The average Bonchev–Trinajstić information content (AvgIpc) is 2.12. The molecule has 0 saturated carbocycles. The number of rotatable bonds is 1. The summed E-state index contributed by atoms with van der Waals surface area (Å²) in [5, 5.41) is 0. The predicted octanol–water partition coefficient (Wildman–Crippen LogP) is 0.129. The first-order chi connectivity index (χ1) is 3.80. The predicted molar refractivity (Wildman–Crippen MR) is 34.8 cm³/mol. The summed E-state index contributed by atoms with van der Waals surface area (Å²) in [6.45, 7) is 0.744. The van der Waals surface area contributed by atoms with Crippen LogP contribution in [0.25, 0.3) is 0 Å². The summed E-state index contributed by atoms with van der Waals surface area (Å²) < 4.78 is 20.2. The van der Waals surface area contributed by atoms with Crippen LogP contribution in [0.2, 0.25) is 0 Å². The van der Waals surface area contributed by atoms with E-state index in [9.17, 15) is 4.21 Å². The third-order valence-corrected chi connectivity index (χ3v) is 2.82. The average molecular weight is 153 g/mol. The van der Waals surface area contributed by atoms with Gasteiger partial charge in [0.1, 0.15) is 0 Å². The molecule has 1 aliphatic rings. The van der Waals surface area contributed by atoms with E-state index < -0.39 is 11.3 Å². The number of nitrogens with zero attached hydrogens (tertiary/aromatic N) is 1. The van der Waals surface area contributed by atoms with Gasteiger partial charge in [-0.05, 0) is 0 Å². The Bertz CT molecular complexity index is 101. The molecule has 5 heteroatoms. The summed E-state index contributed by atoms with van der Waals surface area (Å²) in [5.74, 6) is 1.68. The van der Waals surface area contributed by atoms with Gasteiger partial charge in [-0.15, -0.1) is 11.8 Å². The molecule has 1 saturated heterocycles. The first-order valence-corrected chi connectivity index (χ1v) is 4.46.